The number of amides is 4. The predicted molar refractivity (Wildman–Crippen MR) is 120 cm³/mol. The van der Waals surface area contributed by atoms with Gasteiger partial charge >= 0.3 is 12.2 Å². The number of carbonyl (C=O) groups excluding carboxylic acids is 4. The first-order valence-corrected chi connectivity index (χ1v) is 10.3. The van der Waals surface area contributed by atoms with Crippen LogP contribution in [0.1, 0.15) is 13.8 Å². The molecule has 1 aromatic heterocycles. The fourth-order valence-electron chi connectivity index (χ4n) is 3.10. The molecule has 2 aromatic rings. The molecule has 0 saturated carbocycles. The Balaban J connectivity index is 2.40. The van der Waals surface area contributed by atoms with Gasteiger partial charge < -0.3 is 21.7 Å². The molecule has 0 saturated heterocycles. The van der Waals surface area contributed by atoms with Crippen molar-refractivity contribution in [3.8, 4) is 11.3 Å². The number of alkyl halides is 3. The molecular weight excluding hydrogens is 471 g/mol. The van der Waals surface area contributed by atoms with Crippen LogP contribution in [0.4, 0.5) is 23.7 Å². The lowest BCUT2D eigenvalue weighted by atomic mass is 9.99. The Bertz CT molecular complexity index is 1160. The first-order valence-electron chi connectivity index (χ1n) is 10.3. The van der Waals surface area contributed by atoms with Gasteiger partial charge in [-0.3, -0.25) is 23.7 Å². The van der Waals surface area contributed by atoms with E-state index < -0.39 is 60.4 Å². The molecule has 35 heavy (non-hydrogen) atoms. The Hall–Kier alpha value is -4.16. The van der Waals surface area contributed by atoms with Crippen molar-refractivity contribution in [2.75, 3.05) is 11.9 Å². The van der Waals surface area contributed by atoms with Crippen LogP contribution in [0.2, 0.25) is 0 Å². The Kier molecular flexibility index (Phi) is 8.75. The standard InChI is InChI=1S/C22H24F3N5O5/c1-12(2)18(19(33)22(23,24)25)29-17(32)11-30-15(13-6-4-3-5-7-13)9-8-14(20(30)34)28-21(35)27-10-16(26)31/h3-9,12,18H,10-11H2,1-2H3,(H2,26,31)(H,29,32)(H2,27,28,35). The molecular formula is C22H24F3N5O5. The van der Waals surface area contributed by atoms with Gasteiger partial charge in [0.2, 0.25) is 11.8 Å². The SMILES string of the molecule is CC(C)C(NC(=O)Cn1c(-c2ccccc2)ccc(NC(=O)NCC(N)=O)c1=O)C(=O)C(F)(F)F. The molecule has 0 aliphatic heterocycles. The molecule has 1 heterocycles. The number of ketones is 1. The van der Waals surface area contributed by atoms with Crippen LogP contribution in [0.5, 0.6) is 0 Å². The summed E-state index contributed by atoms with van der Waals surface area (Å²) < 4.78 is 39.8. The van der Waals surface area contributed by atoms with Crippen molar-refractivity contribution in [2.24, 2.45) is 11.7 Å². The highest BCUT2D eigenvalue weighted by molar-refractivity contribution is 5.93. The van der Waals surface area contributed by atoms with E-state index in [1.807, 2.05) is 0 Å². The Morgan fingerprint density at radius 3 is 2.20 bits per heavy atom. The second kappa shape index (κ2) is 11.3. The number of nitrogens with zero attached hydrogens (tertiary/aromatic N) is 1. The lowest BCUT2D eigenvalue weighted by molar-refractivity contribution is -0.174. The van der Waals surface area contributed by atoms with E-state index in [9.17, 15) is 37.1 Å². The molecule has 0 bridgehead atoms. The normalized spacial score (nSPS) is 12.1. The second-order valence-electron chi connectivity index (χ2n) is 7.81. The van der Waals surface area contributed by atoms with Crippen molar-refractivity contribution in [3.05, 3.63) is 52.8 Å². The lowest BCUT2D eigenvalue weighted by Crippen LogP contribution is -2.51. The molecule has 0 aliphatic carbocycles. The summed E-state index contributed by atoms with van der Waals surface area (Å²) in [6.07, 6.45) is -5.16. The molecule has 0 aliphatic rings. The number of urea groups is 1. The monoisotopic (exact) mass is 495 g/mol. The summed E-state index contributed by atoms with van der Waals surface area (Å²) in [4.78, 5) is 60.3. The molecule has 4 amide bonds. The smallest absolute Gasteiger partial charge is 0.368 e. The summed E-state index contributed by atoms with van der Waals surface area (Å²) in [5.41, 5.74) is 4.57. The summed E-state index contributed by atoms with van der Waals surface area (Å²) in [5, 5.41) is 6.41. The number of rotatable bonds is 9. The minimum absolute atomic E-state index is 0.233. The van der Waals surface area contributed by atoms with Crippen molar-refractivity contribution in [1.29, 1.82) is 0 Å². The van der Waals surface area contributed by atoms with Crippen LogP contribution in [0.3, 0.4) is 0 Å². The van der Waals surface area contributed by atoms with Crippen molar-refractivity contribution in [1.82, 2.24) is 15.2 Å². The van der Waals surface area contributed by atoms with E-state index in [1.54, 1.807) is 30.3 Å². The minimum atomic E-state index is -5.16. The Labute approximate surface area is 197 Å². The maximum absolute atomic E-state index is 13.1. The van der Waals surface area contributed by atoms with Gasteiger partial charge in [0.05, 0.1) is 18.3 Å². The number of anilines is 1. The number of halogens is 3. The summed E-state index contributed by atoms with van der Waals surface area (Å²) in [6.45, 7) is 1.45. The van der Waals surface area contributed by atoms with E-state index in [1.165, 1.54) is 26.0 Å². The molecule has 13 heteroatoms. The van der Waals surface area contributed by atoms with Gasteiger partial charge in [0, 0.05) is 0 Å². The zero-order chi connectivity index (χ0) is 26.3. The van der Waals surface area contributed by atoms with Crippen LogP contribution in [0.25, 0.3) is 11.3 Å². The first-order chi connectivity index (χ1) is 16.3. The van der Waals surface area contributed by atoms with E-state index in [0.717, 1.165) is 4.57 Å². The van der Waals surface area contributed by atoms with Crippen LogP contribution in [-0.2, 0) is 20.9 Å². The van der Waals surface area contributed by atoms with Gasteiger partial charge in [0.15, 0.2) is 0 Å². The predicted octanol–water partition coefficient (Wildman–Crippen LogP) is 1.39. The maximum atomic E-state index is 13.1. The lowest BCUT2D eigenvalue weighted by Gasteiger charge is -2.23. The topological polar surface area (TPSA) is 152 Å². The number of hydrogen-bond donors (Lipinski definition) is 4. The molecule has 1 atom stereocenters. The highest BCUT2D eigenvalue weighted by atomic mass is 19.4. The van der Waals surface area contributed by atoms with Crippen LogP contribution in [0.15, 0.2) is 47.3 Å². The molecule has 1 unspecified atom stereocenters. The first kappa shape index (κ1) is 27.1. The number of Topliss-reactive ketones (excluding diaryl/α,β-unsaturated/α-hetero) is 1. The molecule has 5 N–H and O–H groups in total. The van der Waals surface area contributed by atoms with Crippen LogP contribution in [-0.4, -0.2) is 47.0 Å². The number of pyridine rings is 1. The molecule has 1 aromatic carbocycles. The molecule has 2 rings (SSSR count). The fourth-order valence-corrected chi connectivity index (χ4v) is 3.10. The highest BCUT2D eigenvalue weighted by Crippen LogP contribution is 2.22. The Morgan fingerprint density at radius 2 is 1.66 bits per heavy atom. The van der Waals surface area contributed by atoms with Gasteiger partial charge in [-0.1, -0.05) is 44.2 Å². The second-order valence-corrected chi connectivity index (χ2v) is 7.81. The zero-order valence-corrected chi connectivity index (χ0v) is 18.8. The van der Waals surface area contributed by atoms with Crippen LogP contribution < -0.4 is 27.2 Å². The molecule has 0 fully saturated rings. The van der Waals surface area contributed by atoms with E-state index in [4.69, 9.17) is 5.73 Å². The van der Waals surface area contributed by atoms with Gasteiger partial charge in [0.25, 0.3) is 11.3 Å². The summed E-state index contributed by atoms with van der Waals surface area (Å²) >= 11 is 0. The van der Waals surface area contributed by atoms with Crippen molar-refractivity contribution in [3.63, 3.8) is 0 Å². The molecule has 10 nitrogen and oxygen atoms in total. The number of aromatic nitrogens is 1. The van der Waals surface area contributed by atoms with E-state index in [0.29, 0.717) is 5.56 Å². The molecule has 0 radical (unpaired) electrons. The average molecular weight is 495 g/mol. The van der Waals surface area contributed by atoms with E-state index in [2.05, 4.69) is 16.0 Å². The highest BCUT2D eigenvalue weighted by Gasteiger charge is 2.45. The summed E-state index contributed by atoms with van der Waals surface area (Å²) in [5.74, 6) is -4.82. The Morgan fingerprint density at radius 1 is 1.03 bits per heavy atom. The average Bonchev–Trinajstić information content (AvgIpc) is 2.78. The third-order valence-electron chi connectivity index (χ3n) is 4.76. The van der Waals surface area contributed by atoms with E-state index in [-0.39, 0.29) is 11.4 Å². The van der Waals surface area contributed by atoms with Crippen molar-refractivity contribution >= 4 is 29.3 Å². The van der Waals surface area contributed by atoms with Gasteiger partial charge in [-0.2, -0.15) is 13.2 Å². The van der Waals surface area contributed by atoms with E-state index >= 15 is 0 Å². The number of nitrogens with one attached hydrogen (secondary N) is 3. The van der Waals surface area contributed by atoms with Gasteiger partial charge in [-0.15, -0.1) is 0 Å². The summed E-state index contributed by atoms with van der Waals surface area (Å²) in [7, 11) is 0. The van der Waals surface area contributed by atoms with Crippen LogP contribution >= 0.6 is 0 Å². The van der Waals surface area contributed by atoms with Crippen LogP contribution in [0, 0.1) is 5.92 Å². The minimum Gasteiger partial charge on any atom is -0.368 e. The third kappa shape index (κ3) is 7.42. The van der Waals surface area contributed by atoms with Gasteiger partial charge in [0.1, 0.15) is 12.2 Å². The maximum Gasteiger partial charge on any atom is 0.452 e. The quantitative estimate of drug-likeness (QED) is 0.414. The zero-order valence-electron chi connectivity index (χ0n) is 18.8. The summed E-state index contributed by atoms with van der Waals surface area (Å²) in [6, 6.07) is 8.27. The fraction of sp³-hybridized carbons (Fsp3) is 0.318. The van der Waals surface area contributed by atoms with Crippen molar-refractivity contribution in [2.45, 2.75) is 32.6 Å². The third-order valence-corrected chi connectivity index (χ3v) is 4.76. The number of hydrogen-bond acceptors (Lipinski definition) is 5. The van der Waals surface area contributed by atoms with Gasteiger partial charge in [-0.25, -0.2) is 4.79 Å². The molecule has 188 valence electrons. The van der Waals surface area contributed by atoms with Crippen molar-refractivity contribution < 1.29 is 32.3 Å². The molecule has 0 spiro atoms. The number of carbonyl (C=O) groups is 4. The number of nitrogens with two attached hydrogens (primary N) is 1. The number of benzene rings is 1. The van der Waals surface area contributed by atoms with Gasteiger partial charge in [-0.05, 0) is 23.6 Å². The largest absolute Gasteiger partial charge is 0.452 e. The number of primary amides is 1.